The monoisotopic (exact) mass is 764 g/mol. The average Bonchev–Trinajstić information content (AvgIpc) is 3.18. The molecule has 0 heterocycles. The van der Waals surface area contributed by atoms with Crippen LogP contribution in [0.3, 0.4) is 0 Å². The smallest absolute Gasteiger partial charge is 0.249 e. The number of nitrogens with one attached hydrogen (secondary N) is 1. The Morgan fingerprint density at radius 2 is 0.778 bits per heavy atom. The zero-order chi connectivity index (χ0) is 39.6. The molecule has 0 aromatic rings. The molecule has 5 N–H and O–H groups in total. The van der Waals surface area contributed by atoms with Crippen LogP contribution >= 0.6 is 0 Å². The minimum atomic E-state index is -1.29. The predicted octanol–water partition coefficient (Wildman–Crippen LogP) is 12.7. The average molecular weight is 764 g/mol. The normalized spacial score (nSPS) is 14.3. The molecule has 0 saturated heterocycles. The van der Waals surface area contributed by atoms with Crippen molar-refractivity contribution in [2.24, 2.45) is 0 Å². The van der Waals surface area contributed by atoms with Gasteiger partial charge in [-0.25, -0.2) is 0 Å². The minimum absolute atomic E-state index is 0.364. The summed E-state index contributed by atoms with van der Waals surface area (Å²) in [6.45, 7) is 4.04. The van der Waals surface area contributed by atoms with Gasteiger partial charge in [0.05, 0.1) is 18.8 Å². The molecule has 1 amide bonds. The van der Waals surface area contributed by atoms with E-state index in [1.807, 2.05) is 0 Å². The molecule has 0 spiro atoms. The highest BCUT2D eigenvalue weighted by molar-refractivity contribution is 5.80. The van der Waals surface area contributed by atoms with Crippen molar-refractivity contribution in [3.63, 3.8) is 0 Å². The number of aliphatic hydroxyl groups excluding tert-OH is 4. The first-order chi connectivity index (χ1) is 26.5. The lowest BCUT2D eigenvalue weighted by Gasteiger charge is -2.27. The van der Waals surface area contributed by atoms with E-state index in [1.54, 1.807) is 0 Å². The molecular formula is C48H93NO5. The Morgan fingerprint density at radius 1 is 0.444 bits per heavy atom. The summed E-state index contributed by atoms with van der Waals surface area (Å²) < 4.78 is 0. The van der Waals surface area contributed by atoms with Crippen LogP contribution in [0.5, 0.6) is 0 Å². The Hall–Kier alpha value is -1.21. The molecule has 54 heavy (non-hydrogen) atoms. The molecule has 0 saturated carbocycles. The van der Waals surface area contributed by atoms with E-state index in [9.17, 15) is 25.2 Å². The Balaban J connectivity index is 3.72. The first-order valence-corrected chi connectivity index (χ1v) is 23.7. The van der Waals surface area contributed by atoms with Crippen molar-refractivity contribution in [1.29, 1.82) is 0 Å². The van der Waals surface area contributed by atoms with Crippen LogP contribution in [0.2, 0.25) is 0 Å². The highest BCUT2D eigenvalue weighted by Crippen LogP contribution is 2.17. The molecule has 0 aromatic heterocycles. The van der Waals surface area contributed by atoms with Gasteiger partial charge in [0.15, 0.2) is 0 Å². The molecule has 0 aromatic carbocycles. The van der Waals surface area contributed by atoms with E-state index in [-0.39, 0.29) is 0 Å². The van der Waals surface area contributed by atoms with Crippen molar-refractivity contribution in [3.05, 3.63) is 24.3 Å². The third-order valence-electron chi connectivity index (χ3n) is 11.1. The summed E-state index contributed by atoms with van der Waals surface area (Å²) in [6.07, 6.45) is 49.3. The van der Waals surface area contributed by atoms with Gasteiger partial charge < -0.3 is 25.7 Å². The van der Waals surface area contributed by atoms with E-state index < -0.39 is 36.9 Å². The van der Waals surface area contributed by atoms with Crippen molar-refractivity contribution >= 4 is 5.91 Å². The number of carbonyl (C=O) groups is 1. The van der Waals surface area contributed by atoms with Crippen LogP contribution in [-0.4, -0.2) is 57.3 Å². The second-order valence-electron chi connectivity index (χ2n) is 16.4. The summed E-state index contributed by atoms with van der Waals surface area (Å²) in [4.78, 5) is 12.5. The maximum atomic E-state index is 12.5. The van der Waals surface area contributed by atoms with Gasteiger partial charge in [0, 0.05) is 0 Å². The lowest BCUT2D eigenvalue weighted by Crippen LogP contribution is -2.53. The quantitative estimate of drug-likeness (QED) is 0.0314. The largest absolute Gasteiger partial charge is 0.394 e. The number of hydrogen-bond donors (Lipinski definition) is 5. The Morgan fingerprint density at radius 3 is 1.17 bits per heavy atom. The van der Waals surface area contributed by atoms with Crippen LogP contribution < -0.4 is 5.32 Å². The van der Waals surface area contributed by atoms with E-state index in [0.29, 0.717) is 19.3 Å². The molecule has 0 bridgehead atoms. The van der Waals surface area contributed by atoms with Gasteiger partial charge in [-0.1, -0.05) is 218 Å². The van der Waals surface area contributed by atoms with Crippen LogP contribution in [0.1, 0.15) is 245 Å². The number of unbranched alkanes of at least 4 members (excludes halogenated alkanes) is 30. The maximum Gasteiger partial charge on any atom is 0.249 e. The van der Waals surface area contributed by atoms with Crippen molar-refractivity contribution in [2.75, 3.05) is 6.61 Å². The lowest BCUT2D eigenvalue weighted by atomic mass is 10.00. The van der Waals surface area contributed by atoms with E-state index in [1.165, 1.54) is 173 Å². The Labute approximate surface area is 335 Å². The van der Waals surface area contributed by atoms with Crippen molar-refractivity contribution in [2.45, 2.75) is 269 Å². The molecule has 0 radical (unpaired) electrons. The molecule has 0 aliphatic carbocycles. The minimum Gasteiger partial charge on any atom is -0.394 e. The van der Waals surface area contributed by atoms with Crippen molar-refractivity contribution in [3.8, 4) is 0 Å². The first-order valence-electron chi connectivity index (χ1n) is 23.7. The molecule has 0 fully saturated rings. The number of allylic oxidation sites excluding steroid dienone is 4. The maximum absolute atomic E-state index is 12.5. The zero-order valence-corrected chi connectivity index (χ0v) is 36.0. The van der Waals surface area contributed by atoms with Crippen LogP contribution in [0.25, 0.3) is 0 Å². The van der Waals surface area contributed by atoms with Gasteiger partial charge in [-0.2, -0.15) is 0 Å². The summed E-state index contributed by atoms with van der Waals surface area (Å²) in [7, 11) is 0. The van der Waals surface area contributed by atoms with Gasteiger partial charge in [0.1, 0.15) is 12.2 Å². The Bertz CT molecular complexity index is 817. The number of amides is 1. The predicted molar refractivity (Wildman–Crippen MR) is 233 cm³/mol. The molecule has 0 aliphatic heterocycles. The van der Waals surface area contributed by atoms with E-state index in [2.05, 4.69) is 43.5 Å². The summed E-state index contributed by atoms with van der Waals surface area (Å²) in [6, 6.07) is -1.00. The van der Waals surface area contributed by atoms with Crippen LogP contribution in [-0.2, 0) is 4.79 Å². The molecular weight excluding hydrogens is 671 g/mol. The fourth-order valence-corrected chi connectivity index (χ4v) is 7.36. The molecule has 6 heteroatoms. The first kappa shape index (κ1) is 52.8. The molecule has 320 valence electrons. The standard InChI is InChI=1S/C48H93NO5/c1-3-5-7-9-11-13-15-17-19-21-22-23-24-25-26-28-30-32-34-36-38-40-42-46(52)48(54)49-44(43-50)47(53)45(51)41-39-37-35-33-31-29-27-20-18-16-14-12-10-8-6-4-2/h20,27,33,35,44-47,50-53H,3-19,21-26,28-32,34,36-43H2,1-2H3,(H,49,54)/b27-20+,35-33+. The summed E-state index contributed by atoms with van der Waals surface area (Å²) >= 11 is 0. The summed E-state index contributed by atoms with van der Waals surface area (Å²) in [5.74, 6) is -0.594. The summed E-state index contributed by atoms with van der Waals surface area (Å²) in [5, 5.41) is 43.7. The van der Waals surface area contributed by atoms with Crippen LogP contribution in [0.4, 0.5) is 0 Å². The van der Waals surface area contributed by atoms with Gasteiger partial charge in [0.2, 0.25) is 5.91 Å². The van der Waals surface area contributed by atoms with Gasteiger partial charge in [-0.15, -0.1) is 0 Å². The topological polar surface area (TPSA) is 110 Å². The second-order valence-corrected chi connectivity index (χ2v) is 16.4. The molecule has 4 unspecified atom stereocenters. The lowest BCUT2D eigenvalue weighted by molar-refractivity contribution is -0.132. The van der Waals surface area contributed by atoms with Crippen LogP contribution in [0, 0.1) is 0 Å². The van der Waals surface area contributed by atoms with Gasteiger partial charge in [-0.05, 0) is 51.4 Å². The van der Waals surface area contributed by atoms with Crippen LogP contribution in [0.15, 0.2) is 24.3 Å². The fraction of sp³-hybridized carbons (Fsp3) is 0.896. The SMILES string of the molecule is CCCCCCCCC/C=C/CC/C=C/CCCC(O)C(O)C(CO)NC(=O)C(O)CCCCCCCCCCCCCCCCCCCCCCCC. The summed E-state index contributed by atoms with van der Waals surface area (Å²) in [5.41, 5.74) is 0. The third-order valence-corrected chi connectivity index (χ3v) is 11.1. The number of aliphatic hydroxyl groups is 4. The third kappa shape index (κ3) is 36.4. The van der Waals surface area contributed by atoms with Crippen molar-refractivity contribution < 1.29 is 25.2 Å². The van der Waals surface area contributed by atoms with Gasteiger partial charge in [-0.3, -0.25) is 4.79 Å². The number of hydrogen-bond acceptors (Lipinski definition) is 5. The second kappa shape index (κ2) is 42.9. The molecule has 4 atom stereocenters. The number of rotatable bonds is 43. The van der Waals surface area contributed by atoms with Gasteiger partial charge in [0.25, 0.3) is 0 Å². The number of carbonyl (C=O) groups excluding carboxylic acids is 1. The highest BCUT2D eigenvalue weighted by Gasteiger charge is 2.28. The Kier molecular flexibility index (Phi) is 42.0. The zero-order valence-electron chi connectivity index (χ0n) is 36.0. The van der Waals surface area contributed by atoms with E-state index in [4.69, 9.17) is 0 Å². The molecule has 0 rings (SSSR count). The fourth-order valence-electron chi connectivity index (χ4n) is 7.36. The highest BCUT2D eigenvalue weighted by atomic mass is 16.3. The van der Waals surface area contributed by atoms with E-state index in [0.717, 1.165) is 38.5 Å². The molecule has 0 aliphatic rings. The van der Waals surface area contributed by atoms with Gasteiger partial charge >= 0.3 is 0 Å². The molecule has 6 nitrogen and oxygen atoms in total. The van der Waals surface area contributed by atoms with E-state index >= 15 is 0 Å². The van der Waals surface area contributed by atoms with Crippen molar-refractivity contribution in [1.82, 2.24) is 5.32 Å².